The van der Waals surface area contributed by atoms with Crippen molar-refractivity contribution in [3.63, 3.8) is 0 Å². The van der Waals surface area contributed by atoms with E-state index in [1.54, 1.807) is 0 Å². The number of halogens is 1. The van der Waals surface area contributed by atoms with Crippen LogP contribution in [0.25, 0.3) is 0 Å². The number of nitrogens with two attached hydrogens (primary N) is 1. The minimum absolute atomic E-state index is 0.545. The van der Waals surface area contributed by atoms with Gasteiger partial charge in [0.15, 0.2) is 0 Å². The van der Waals surface area contributed by atoms with Crippen molar-refractivity contribution in [2.75, 3.05) is 31.2 Å². The first-order valence-corrected chi connectivity index (χ1v) is 5.44. The summed E-state index contributed by atoms with van der Waals surface area (Å²) in [6.07, 6.45) is 0. The molecule has 1 aliphatic heterocycles. The molecule has 3 N–H and O–H groups in total. The topological polar surface area (TPSA) is 41.3 Å². The molecule has 0 saturated carbocycles. The van der Waals surface area contributed by atoms with E-state index >= 15 is 0 Å². The van der Waals surface area contributed by atoms with Gasteiger partial charge in [-0.05, 0) is 25.2 Å². The third-order valence-corrected chi connectivity index (χ3v) is 2.93. The Balaban J connectivity index is 2.02. The van der Waals surface area contributed by atoms with Gasteiger partial charge in [-0.25, -0.2) is 0 Å². The molecule has 1 heterocycles. The summed E-state index contributed by atoms with van der Waals surface area (Å²) in [5.74, 6) is 0. The van der Waals surface area contributed by atoms with Crippen molar-refractivity contribution in [3.8, 4) is 0 Å². The zero-order valence-corrected chi connectivity index (χ0v) is 9.71. The molecule has 0 amide bonds. The Morgan fingerprint density at radius 1 is 1.50 bits per heavy atom. The van der Waals surface area contributed by atoms with Crippen molar-refractivity contribution in [3.05, 3.63) is 22.7 Å². The summed E-state index contributed by atoms with van der Waals surface area (Å²) in [4.78, 5) is 2.27. The van der Waals surface area contributed by atoms with Gasteiger partial charge >= 0.3 is 0 Å². The Bertz CT molecular complexity index is 334. The van der Waals surface area contributed by atoms with Crippen LogP contribution in [0.15, 0.2) is 22.7 Å². The standard InChI is InChI=1S/C10H14BrN3/c1-14-5-8(6-14)13-10-3-2-7(11)4-9(10)12/h2-4,8,13H,5-6,12H2,1H3. The summed E-state index contributed by atoms with van der Waals surface area (Å²) in [5, 5.41) is 3.42. The van der Waals surface area contributed by atoms with Crippen LogP contribution < -0.4 is 11.1 Å². The maximum absolute atomic E-state index is 5.88. The lowest BCUT2D eigenvalue weighted by molar-refractivity contribution is 0.205. The monoisotopic (exact) mass is 255 g/mol. The fourth-order valence-electron chi connectivity index (χ4n) is 1.68. The largest absolute Gasteiger partial charge is 0.397 e. The van der Waals surface area contributed by atoms with E-state index in [-0.39, 0.29) is 0 Å². The molecular weight excluding hydrogens is 242 g/mol. The molecule has 1 saturated heterocycles. The van der Waals surface area contributed by atoms with E-state index in [9.17, 15) is 0 Å². The van der Waals surface area contributed by atoms with Crippen molar-refractivity contribution in [2.24, 2.45) is 0 Å². The SMILES string of the molecule is CN1CC(Nc2ccc(Br)cc2N)C1. The van der Waals surface area contributed by atoms with Crippen molar-refractivity contribution in [1.82, 2.24) is 4.90 Å². The number of likely N-dealkylation sites (tertiary alicyclic amines) is 1. The fourth-order valence-corrected chi connectivity index (χ4v) is 2.05. The molecule has 0 bridgehead atoms. The summed E-state index contributed by atoms with van der Waals surface area (Å²) in [6.45, 7) is 2.19. The van der Waals surface area contributed by atoms with Crippen LogP contribution in [0, 0.1) is 0 Å². The van der Waals surface area contributed by atoms with E-state index < -0.39 is 0 Å². The summed E-state index contributed by atoms with van der Waals surface area (Å²) in [5.41, 5.74) is 7.71. The Labute approximate surface area is 92.4 Å². The number of nitrogens with one attached hydrogen (secondary N) is 1. The second-order valence-electron chi connectivity index (χ2n) is 3.79. The van der Waals surface area contributed by atoms with E-state index in [0.29, 0.717) is 6.04 Å². The highest BCUT2D eigenvalue weighted by molar-refractivity contribution is 9.10. The Hall–Kier alpha value is -0.740. The number of nitrogen functional groups attached to an aromatic ring is 1. The minimum Gasteiger partial charge on any atom is -0.397 e. The molecule has 1 aliphatic rings. The fraction of sp³-hybridized carbons (Fsp3) is 0.400. The van der Waals surface area contributed by atoms with Gasteiger partial charge in [0.2, 0.25) is 0 Å². The first-order valence-electron chi connectivity index (χ1n) is 4.65. The number of rotatable bonds is 2. The van der Waals surface area contributed by atoms with Gasteiger partial charge in [0.05, 0.1) is 17.4 Å². The predicted molar refractivity (Wildman–Crippen MR) is 63.5 cm³/mol. The number of hydrogen-bond donors (Lipinski definition) is 2. The molecule has 4 heteroatoms. The third-order valence-electron chi connectivity index (χ3n) is 2.44. The maximum Gasteiger partial charge on any atom is 0.0577 e. The van der Waals surface area contributed by atoms with Crippen molar-refractivity contribution in [2.45, 2.75) is 6.04 Å². The third kappa shape index (κ3) is 2.01. The van der Waals surface area contributed by atoms with E-state index in [0.717, 1.165) is 28.9 Å². The van der Waals surface area contributed by atoms with Gasteiger partial charge in [-0.2, -0.15) is 0 Å². The molecule has 0 unspecified atom stereocenters. The van der Waals surface area contributed by atoms with Crippen molar-refractivity contribution < 1.29 is 0 Å². The van der Waals surface area contributed by atoms with E-state index in [1.165, 1.54) is 0 Å². The van der Waals surface area contributed by atoms with Gasteiger partial charge in [-0.15, -0.1) is 0 Å². The molecule has 0 aliphatic carbocycles. The zero-order valence-electron chi connectivity index (χ0n) is 8.13. The molecule has 0 radical (unpaired) electrons. The molecule has 76 valence electrons. The lowest BCUT2D eigenvalue weighted by Crippen LogP contribution is -2.52. The maximum atomic E-state index is 5.88. The van der Waals surface area contributed by atoms with Crippen molar-refractivity contribution >= 4 is 27.3 Å². The zero-order chi connectivity index (χ0) is 10.1. The molecule has 0 atom stereocenters. The smallest absolute Gasteiger partial charge is 0.0577 e. The highest BCUT2D eigenvalue weighted by atomic mass is 79.9. The molecule has 1 fully saturated rings. The second-order valence-corrected chi connectivity index (χ2v) is 4.71. The highest BCUT2D eigenvalue weighted by Gasteiger charge is 2.22. The van der Waals surface area contributed by atoms with Crippen LogP contribution in [0.5, 0.6) is 0 Å². The molecule has 0 spiro atoms. The first-order chi connectivity index (χ1) is 6.65. The second kappa shape index (κ2) is 3.79. The van der Waals surface area contributed by atoms with Gasteiger partial charge in [0.1, 0.15) is 0 Å². The van der Waals surface area contributed by atoms with E-state index in [2.05, 4.69) is 33.2 Å². The van der Waals surface area contributed by atoms with Crippen LogP contribution in [0.3, 0.4) is 0 Å². The Morgan fingerprint density at radius 2 is 2.21 bits per heavy atom. The average Bonchev–Trinajstić information content (AvgIpc) is 2.06. The van der Waals surface area contributed by atoms with Gasteiger partial charge in [0.25, 0.3) is 0 Å². The van der Waals surface area contributed by atoms with Crippen LogP contribution in [0.2, 0.25) is 0 Å². The van der Waals surface area contributed by atoms with E-state index in [1.807, 2.05) is 18.2 Å². The van der Waals surface area contributed by atoms with E-state index in [4.69, 9.17) is 5.73 Å². The first kappa shape index (κ1) is 9.80. The number of benzene rings is 1. The van der Waals surface area contributed by atoms with Crippen LogP contribution >= 0.6 is 15.9 Å². The summed E-state index contributed by atoms with van der Waals surface area (Å²) in [7, 11) is 2.11. The predicted octanol–water partition coefficient (Wildman–Crippen LogP) is 1.76. The van der Waals surface area contributed by atoms with Gasteiger partial charge in [-0.3, -0.25) is 0 Å². The van der Waals surface area contributed by atoms with Crippen molar-refractivity contribution in [1.29, 1.82) is 0 Å². The molecule has 1 aromatic rings. The van der Waals surface area contributed by atoms with Crippen LogP contribution in [-0.4, -0.2) is 31.1 Å². The number of anilines is 2. The average molecular weight is 256 g/mol. The van der Waals surface area contributed by atoms with Crippen LogP contribution in [0.1, 0.15) is 0 Å². The normalized spacial score (nSPS) is 17.9. The Morgan fingerprint density at radius 3 is 2.79 bits per heavy atom. The van der Waals surface area contributed by atoms with Gasteiger partial charge in [-0.1, -0.05) is 15.9 Å². The molecule has 14 heavy (non-hydrogen) atoms. The lowest BCUT2D eigenvalue weighted by atomic mass is 10.1. The van der Waals surface area contributed by atoms with Crippen LogP contribution in [0.4, 0.5) is 11.4 Å². The molecule has 0 aromatic heterocycles. The highest BCUT2D eigenvalue weighted by Crippen LogP contribution is 2.24. The quantitative estimate of drug-likeness (QED) is 0.792. The van der Waals surface area contributed by atoms with Crippen LogP contribution in [-0.2, 0) is 0 Å². The minimum atomic E-state index is 0.545. The van der Waals surface area contributed by atoms with Gasteiger partial charge in [0, 0.05) is 17.6 Å². The molecule has 2 rings (SSSR count). The lowest BCUT2D eigenvalue weighted by Gasteiger charge is -2.37. The summed E-state index contributed by atoms with van der Waals surface area (Å²) >= 11 is 3.39. The molecule has 3 nitrogen and oxygen atoms in total. The summed E-state index contributed by atoms with van der Waals surface area (Å²) in [6, 6.07) is 6.48. The molecular formula is C10H14BrN3. The summed E-state index contributed by atoms with van der Waals surface area (Å²) < 4.78 is 1.02. The number of likely N-dealkylation sites (N-methyl/N-ethyl adjacent to an activating group) is 1. The van der Waals surface area contributed by atoms with Gasteiger partial charge < -0.3 is 16.0 Å². The molecule has 1 aromatic carbocycles. The Kier molecular flexibility index (Phi) is 2.65. The number of hydrogen-bond acceptors (Lipinski definition) is 3. The number of nitrogens with zero attached hydrogens (tertiary/aromatic N) is 1.